The Labute approximate surface area is 205 Å². The number of hydrogen-bond acceptors (Lipinski definition) is 10. The number of unbranched alkanes of at least 4 members (excludes halogenated alkanes) is 1. The monoisotopic (exact) mass is 490 g/mol. The second kappa shape index (κ2) is 12.1. The first kappa shape index (κ1) is 25.8. The molecule has 0 spiro atoms. The predicted molar refractivity (Wildman–Crippen MR) is 131 cm³/mol. The van der Waals surface area contributed by atoms with Gasteiger partial charge in [-0.05, 0) is 39.1 Å². The van der Waals surface area contributed by atoms with Crippen molar-refractivity contribution in [1.29, 1.82) is 0 Å². The Hall–Kier alpha value is -2.79. The Morgan fingerprint density at radius 3 is 2.26 bits per heavy atom. The minimum atomic E-state index is 0.216. The van der Waals surface area contributed by atoms with Crippen LogP contribution in [0.15, 0.2) is 21.7 Å². The predicted octanol–water partition coefficient (Wildman–Crippen LogP) is 4.46. The Morgan fingerprint density at radius 2 is 1.71 bits per heavy atom. The summed E-state index contributed by atoms with van der Waals surface area (Å²) in [6.45, 7) is 5.23. The van der Waals surface area contributed by atoms with Crippen LogP contribution in [-0.4, -0.2) is 65.3 Å². The number of rotatable bonds is 13. The molecule has 2 heterocycles. The van der Waals surface area contributed by atoms with E-state index in [0.717, 1.165) is 36.8 Å². The van der Waals surface area contributed by atoms with Crippen LogP contribution in [0.2, 0.25) is 0 Å². The average molecular weight is 491 g/mol. The molecule has 0 fully saturated rings. The van der Waals surface area contributed by atoms with Crippen molar-refractivity contribution >= 4 is 11.8 Å². The minimum absolute atomic E-state index is 0.216. The number of hydrogen-bond donors (Lipinski definition) is 0. The van der Waals surface area contributed by atoms with Crippen molar-refractivity contribution < 1.29 is 18.6 Å². The number of nitrogens with zero attached hydrogens (tertiary/aromatic N) is 6. The summed E-state index contributed by atoms with van der Waals surface area (Å²) in [6, 6.07) is 3.78. The molecule has 0 aliphatic rings. The first-order valence-electron chi connectivity index (χ1n) is 11.3. The molecule has 0 bridgehead atoms. The number of aromatic nitrogens is 5. The average Bonchev–Trinajstić information content (AvgIpc) is 3.47. The van der Waals surface area contributed by atoms with Crippen molar-refractivity contribution in [2.24, 2.45) is 0 Å². The van der Waals surface area contributed by atoms with E-state index in [9.17, 15) is 0 Å². The lowest BCUT2D eigenvalue weighted by Gasteiger charge is -2.23. The van der Waals surface area contributed by atoms with Crippen LogP contribution in [0.4, 0.5) is 0 Å². The van der Waals surface area contributed by atoms with Gasteiger partial charge in [0, 0.05) is 12.1 Å². The van der Waals surface area contributed by atoms with E-state index in [4.69, 9.17) is 18.6 Å². The van der Waals surface area contributed by atoms with Gasteiger partial charge in [0.25, 0.3) is 0 Å². The maximum Gasteiger partial charge on any atom is 0.248 e. The van der Waals surface area contributed by atoms with Crippen LogP contribution in [0, 0.1) is 0 Å². The normalized spacial score (nSPS) is 12.2. The molecule has 0 aliphatic carbocycles. The van der Waals surface area contributed by atoms with Crippen molar-refractivity contribution in [1.82, 2.24) is 29.9 Å². The second-order valence-corrected chi connectivity index (χ2v) is 8.88. The minimum Gasteiger partial charge on any atom is -0.493 e. The molecule has 11 heteroatoms. The highest BCUT2D eigenvalue weighted by Gasteiger charge is 2.23. The van der Waals surface area contributed by atoms with Gasteiger partial charge < -0.3 is 23.2 Å². The van der Waals surface area contributed by atoms with Gasteiger partial charge in [0.05, 0.1) is 33.1 Å². The second-order valence-electron chi connectivity index (χ2n) is 7.94. The summed E-state index contributed by atoms with van der Waals surface area (Å²) < 4.78 is 24.4. The molecule has 0 radical (unpaired) electrons. The van der Waals surface area contributed by atoms with Crippen LogP contribution < -0.4 is 14.2 Å². The first-order chi connectivity index (χ1) is 16.5. The van der Waals surface area contributed by atoms with Crippen molar-refractivity contribution in [3.05, 3.63) is 23.8 Å². The fourth-order valence-electron chi connectivity index (χ4n) is 3.72. The largest absolute Gasteiger partial charge is 0.493 e. The highest BCUT2D eigenvalue weighted by molar-refractivity contribution is 7.98. The summed E-state index contributed by atoms with van der Waals surface area (Å²) in [4.78, 5) is 2.18. The van der Waals surface area contributed by atoms with E-state index in [2.05, 4.69) is 57.8 Å². The lowest BCUT2D eigenvalue weighted by molar-refractivity contribution is 0.270. The topological polar surface area (TPSA) is 101 Å². The first-order valence-corrected chi connectivity index (χ1v) is 12.3. The highest BCUT2D eigenvalue weighted by atomic mass is 32.2. The number of methoxy groups -OCH3 is 3. The Bertz CT molecular complexity index is 1040. The lowest BCUT2D eigenvalue weighted by atomic mass is 10.2. The Balaban J connectivity index is 1.81. The molecule has 1 atom stereocenters. The molecule has 1 aromatic carbocycles. The Kier molecular flexibility index (Phi) is 9.17. The molecule has 0 N–H and O–H groups in total. The van der Waals surface area contributed by atoms with Gasteiger partial charge in [-0.2, -0.15) is 0 Å². The van der Waals surface area contributed by atoms with Gasteiger partial charge >= 0.3 is 0 Å². The molecule has 3 rings (SSSR count). The van der Waals surface area contributed by atoms with E-state index in [-0.39, 0.29) is 6.04 Å². The maximum atomic E-state index is 5.94. The quantitative estimate of drug-likeness (QED) is 0.319. The van der Waals surface area contributed by atoms with E-state index in [1.165, 1.54) is 0 Å². The van der Waals surface area contributed by atoms with Crippen molar-refractivity contribution in [3.63, 3.8) is 0 Å². The van der Waals surface area contributed by atoms with Gasteiger partial charge in [0.2, 0.25) is 17.5 Å². The third kappa shape index (κ3) is 5.64. The molecule has 0 unspecified atom stereocenters. The fraction of sp³-hybridized carbons (Fsp3) is 0.565. The molecule has 0 aliphatic heterocycles. The molecule has 186 valence electrons. The van der Waals surface area contributed by atoms with Crippen molar-refractivity contribution in [2.45, 2.75) is 56.6 Å². The molecule has 3 aromatic rings. The van der Waals surface area contributed by atoms with Crippen LogP contribution in [0.3, 0.4) is 0 Å². The standard InChI is InChI=1S/C23H34N6O4S/c1-8-10-11-29-21(16(9-2)28(3)4)25-27-23(29)34-14-19-24-26-22(33-19)15-12-17(30-5)20(32-7)18(13-15)31-6/h12-13,16H,8-11,14H2,1-7H3/t16-/m1/s1. The molecular formula is C23H34N6O4S. The van der Waals surface area contributed by atoms with Crippen molar-refractivity contribution in [2.75, 3.05) is 35.4 Å². The van der Waals surface area contributed by atoms with E-state index in [1.54, 1.807) is 45.2 Å². The molecule has 34 heavy (non-hydrogen) atoms. The molecule has 0 saturated carbocycles. The molecule has 0 amide bonds. The van der Waals surface area contributed by atoms with Gasteiger partial charge in [0.1, 0.15) is 0 Å². The molecule has 2 aromatic heterocycles. The van der Waals surface area contributed by atoms with Gasteiger partial charge in [-0.1, -0.05) is 32.0 Å². The number of thioether (sulfide) groups is 1. The zero-order chi connectivity index (χ0) is 24.7. The van der Waals surface area contributed by atoms with E-state index in [1.807, 2.05) is 0 Å². The number of ether oxygens (including phenoxy) is 3. The fourth-order valence-corrected chi connectivity index (χ4v) is 4.53. The van der Waals surface area contributed by atoms with E-state index < -0.39 is 0 Å². The van der Waals surface area contributed by atoms with Crippen LogP contribution >= 0.6 is 11.8 Å². The van der Waals surface area contributed by atoms with Gasteiger partial charge in [-0.15, -0.1) is 20.4 Å². The maximum absolute atomic E-state index is 5.94. The Morgan fingerprint density at radius 1 is 1.00 bits per heavy atom. The lowest BCUT2D eigenvalue weighted by Crippen LogP contribution is -2.23. The third-order valence-electron chi connectivity index (χ3n) is 5.49. The SMILES string of the molecule is CCCCn1c(SCc2nnc(-c3cc(OC)c(OC)c(OC)c3)o2)nnc1[C@@H](CC)N(C)C. The van der Waals surface area contributed by atoms with Gasteiger partial charge in [-0.3, -0.25) is 4.90 Å². The summed E-state index contributed by atoms with van der Waals surface area (Å²) in [6.07, 6.45) is 3.13. The molecule has 0 saturated heterocycles. The summed E-state index contributed by atoms with van der Waals surface area (Å²) in [5, 5.41) is 18.3. The molecular weight excluding hydrogens is 456 g/mol. The van der Waals surface area contributed by atoms with E-state index in [0.29, 0.717) is 40.3 Å². The zero-order valence-electron chi connectivity index (χ0n) is 21.0. The highest BCUT2D eigenvalue weighted by Crippen LogP contribution is 2.41. The van der Waals surface area contributed by atoms with Gasteiger partial charge in [0.15, 0.2) is 22.5 Å². The summed E-state index contributed by atoms with van der Waals surface area (Å²) in [7, 11) is 8.85. The smallest absolute Gasteiger partial charge is 0.248 e. The molecule has 10 nitrogen and oxygen atoms in total. The van der Waals surface area contributed by atoms with E-state index >= 15 is 0 Å². The van der Waals surface area contributed by atoms with Crippen LogP contribution in [0.5, 0.6) is 17.2 Å². The van der Waals surface area contributed by atoms with Gasteiger partial charge in [-0.25, -0.2) is 0 Å². The van der Waals surface area contributed by atoms with Crippen LogP contribution in [-0.2, 0) is 12.3 Å². The summed E-state index contributed by atoms with van der Waals surface area (Å²) in [5.74, 6) is 3.91. The van der Waals surface area contributed by atoms with Crippen molar-refractivity contribution in [3.8, 4) is 28.7 Å². The number of benzene rings is 1. The third-order valence-corrected chi connectivity index (χ3v) is 6.44. The van der Waals surface area contributed by atoms with Crippen LogP contribution in [0.1, 0.15) is 50.9 Å². The van der Waals surface area contributed by atoms with Crippen LogP contribution in [0.25, 0.3) is 11.5 Å². The summed E-state index contributed by atoms with van der Waals surface area (Å²) >= 11 is 1.55. The summed E-state index contributed by atoms with van der Waals surface area (Å²) in [5.41, 5.74) is 0.684. The zero-order valence-corrected chi connectivity index (χ0v) is 21.8.